The monoisotopic (exact) mass is 237 g/mol. The predicted molar refractivity (Wildman–Crippen MR) is 60.3 cm³/mol. The van der Waals surface area contributed by atoms with E-state index in [1.165, 1.54) is 6.07 Å². The minimum atomic E-state index is -0.840. The molecule has 1 unspecified atom stereocenters. The number of halogens is 2. The van der Waals surface area contributed by atoms with Crippen molar-refractivity contribution in [1.82, 2.24) is 9.97 Å². The molecule has 0 aliphatic rings. The van der Waals surface area contributed by atoms with Crippen molar-refractivity contribution >= 4 is 0 Å². The molecule has 1 heterocycles. The average Bonchev–Trinajstić information content (AvgIpc) is 2.76. The maximum atomic E-state index is 13.0. The van der Waals surface area contributed by atoms with Crippen molar-refractivity contribution in [1.29, 1.82) is 0 Å². The number of aromatic amines is 1. The Hall–Kier alpha value is -1.75. The van der Waals surface area contributed by atoms with Crippen molar-refractivity contribution in [2.75, 3.05) is 0 Å². The Morgan fingerprint density at radius 1 is 1.24 bits per heavy atom. The summed E-state index contributed by atoms with van der Waals surface area (Å²) in [6, 6.07) is 3.66. The zero-order chi connectivity index (χ0) is 12.3. The SMILES string of the molecule is NC(Cc1ccc(F)c(F)c1)Cc1ncc[nH]1. The highest BCUT2D eigenvalue weighted by Gasteiger charge is 2.09. The molecule has 1 aromatic carbocycles. The largest absolute Gasteiger partial charge is 0.349 e. The van der Waals surface area contributed by atoms with Gasteiger partial charge in [-0.25, -0.2) is 13.8 Å². The van der Waals surface area contributed by atoms with E-state index in [9.17, 15) is 8.78 Å². The second-order valence-electron chi connectivity index (χ2n) is 3.95. The lowest BCUT2D eigenvalue weighted by Gasteiger charge is -2.10. The quantitative estimate of drug-likeness (QED) is 0.852. The maximum Gasteiger partial charge on any atom is 0.159 e. The molecule has 5 heteroatoms. The van der Waals surface area contributed by atoms with Gasteiger partial charge in [0.25, 0.3) is 0 Å². The smallest absolute Gasteiger partial charge is 0.159 e. The molecule has 0 amide bonds. The van der Waals surface area contributed by atoms with Crippen LogP contribution >= 0.6 is 0 Å². The van der Waals surface area contributed by atoms with Crippen LogP contribution in [-0.4, -0.2) is 16.0 Å². The van der Waals surface area contributed by atoms with Gasteiger partial charge in [-0.2, -0.15) is 0 Å². The zero-order valence-corrected chi connectivity index (χ0v) is 9.16. The molecule has 1 atom stereocenters. The van der Waals surface area contributed by atoms with Gasteiger partial charge < -0.3 is 10.7 Å². The summed E-state index contributed by atoms with van der Waals surface area (Å²) in [5.41, 5.74) is 6.59. The Balaban J connectivity index is 1.98. The van der Waals surface area contributed by atoms with Crippen LogP contribution in [0.4, 0.5) is 8.78 Å². The number of H-pyrrole nitrogens is 1. The number of nitrogens with one attached hydrogen (secondary N) is 1. The molecule has 3 nitrogen and oxygen atoms in total. The second kappa shape index (κ2) is 5.05. The number of imidazole rings is 1. The van der Waals surface area contributed by atoms with Crippen molar-refractivity contribution in [2.24, 2.45) is 5.73 Å². The normalized spacial score (nSPS) is 12.6. The lowest BCUT2D eigenvalue weighted by Crippen LogP contribution is -2.26. The first-order chi connectivity index (χ1) is 8.15. The van der Waals surface area contributed by atoms with Crippen LogP contribution in [0.3, 0.4) is 0 Å². The summed E-state index contributed by atoms with van der Waals surface area (Å²) < 4.78 is 25.7. The summed E-state index contributed by atoms with van der Waals surface area (Å²) in [7, 11) is 0. The topological polar surface area (TPSA) is 54.7 Å². The Labute approximate surface area is 97.7 Å². The summed E-state index contributed by atoms with van der Waals surface area (Å²) in [4.78, 5) is 7.01. The highest BCUT2D eigenvalue weighted by atomic mass is 19.2. The first kappa shape index (κ1) is 11.7. The number of hydrogen-bond acceptors (Lipinski definition) is 2. The third kappa shape index (κ3) is 3.10. The number of benzene rings is 1. The van der Waals surface area contributed by atoms with Crippen molar-refractivity contribution < 1.29 is 8.78 Å². The van der Waals surface area contributed by atoms with Crippen molar-refractivity contribution in [3.63, 3.8) is 0 Å². The first-order valence-electron chi connectivity index (χ1n) is 5.33. The van der Waals surface area contributed by atoms with Gasteiger partial charge in [-0.3, -0.25) is 0 Å². The summed E-state index contributed by atoms with van der Waals surface area (Å²) in [5, 5.41) is 0. The van der Waals surface area contributed by atoms with Crippen LogP contribution in [0.15, 0.2) is 30.6 Å². The van der Waals surface area contributed by atoms with E-state index in [1.54, 1.807) is 18.5 Å². The van der Waals surface area contributed by atoms with Crippen molar-refractivity contribution in [3.05, 3.63) is 53.6 Å². The Morgan fingerprint density at radius 3 is 2.71 bits per heavy atom. The second-order valence-corrected chi connectivity index (χ2v) is 3.95. The number of nitrogens with two attached hydrogens (primary N) is 1. The van der Waals surface area contributed by atoms with Gasteiger partial charge >= 0.3 is 0 Å². The molecule has 2 rings (SSSR count). The van der Waals surface area contributed by atoms with Crippen molar-refractivity contribution in [3.8, 4) is 0 Å². The Kier molecular flexibility index (Phi) is 3.49. The standard InChI is InChI=1S/C12H13F2N3/c13-10-2-1-8(6-11(10)14)5-9(15)7-12-16-3-4-17-12/h1-4,6,9H,5,7,15H2,(H,16,17). The van der Waals surface area contributed by atoms with E-state index in [0.29, 0.717) is 18.4 Å². The third-order valence-electron chi connectivity index (χ3n) is 2.49. The Bertz CT molecular complexity index is 483. The molecule has 1 aromatic heterocycles. The number of hydrogen-bond donors (Lipinski definition) is 2. The van der Waals surface area contributed by atoms with E-state index in [2.05, 4.69) is 9.97 Å². The van der Waals surface area contributed by atoms with E-state index in [1.807, 2.05) is 0 Å². The first-order valence-corrected chi connectivity index (χ1v) is 5.33. The summed E-state index contributed by atoms with van der Waals surface area (Å²) in [6.45, 7) is 0. The molecule has 0 spiro atoms. The molecule has 0 aliphatic heterocycles. The maximum absolute atomic E-state index is 13.0. The minimum absolute atomic E-state index is 0.175. The fourth-order valence-corrected chi connectivity index (χ4v) is 1.70. The van der Waals surface area contributed by atoms with Crippen LogP contribution in [0.1, 0.15) is 11.4 Å². The van der Waals surface area contributed by atoms with Crippen LogP contribution in [0.25, 0.3) is 0 Å². The average molecular weight is 237 g/mol. The molecule has 0 radical (unpaired) electrons. The van der Waals surface area contributed by atoms with Gasteiger partial charge in [-0.1, -0.05) is 6.07 Å². The molecule has 3 N–H and O–H groups in total. The molecular weight excluding hydrogens is 224 g/mol. The minimum Gasteiger partial charge on any atom is -0.349 e. The van der Waals surface area contributed by atoms with E-state index in [-0.39, 0.29) is 6.04 Å². The van der Waals surface area contributed by atoms with Crippen molar-refractivity contribution in [2.45, 2.75) is 18.9 Å². The molecular formula is C12H13F2N3. The van der Waals surface area contributed by atoms with E-state index >= 15 is 0 Å². The van der Waals surface area contributed by atoms with Crippen LogP contribution in [-0.2, 0) is 12.8 Å². The molecule has 0 saturated heterocycles. The number of rotatable bonds is 4. The van der Waals surface area contributed by atoms with Crippen LogP contribution in [0.2, 0.25) is 0 Å². The van der Waals surface area contributed by atoms with Gasteiger partial charge in [-0.05, 0) is 24.1 Å². The fraction of sp³-hybridized carbons (Fsp3) is 0.250. The Morgan fingerprint density at radius 2 is 2.06 bits per heavy atom. The van der Waals surface area contributed by atoms with E-state index in [4.69, 9.17) is 5.73 Å². The van der Waals surface area contributed by atoms with Gasteiger partial charge in [0, 0.05) is 24.9 Å². The molecule has 0 fully saturated rings. The summed E-state index contributed by atoms with van der Waals surface area (Å²) in [5.74, 6) is -0.888. The molecule has 0 aliphatic carbocycles. The van der Waals surface area contributed by atoms with Crippen LogP contribution < -0.4 is 5.73 Å². The molecule has 2 aromatic rings. The van der Waals surface area contributed by atoms with Crippen LogP contribution in [0, 0.1) is 11.6 Å². The van der Waals surface area contributed by atoms with E-state index in [0.717, 1.165) is 11.9 Å². The van der Waals surface area contributed by atoms with E-state index < -0.39 is 11.6 Å². The number of aromatic nitrogens is 2. The van der Waals surface area contributed by atoms with Crippen LogP contribution in [0.5, 0.6) is 0 Å². The third-order valence-corrected chi connectivity index (χ3v) is 2.49. The van der Waals surface area contributed by atoms with Gasteiger partial charge in [0.1, 0.15) is 5.82 Å². The van der Waals surface area contributed by atoms with Gasteiger partial charge in [0.15, 0.2) is 11.6 Å². The molecule has 0 bridgehead atoms. The summed E-state index contributed by atoms with van der Waals surface area (Å²) in [6.07, 6.45) is 4.43. The zero-order valence-electron chi connectivity index (χ0n) is 9.16. The lowest BCUT2D eigenvalue weighted by atomic mass is 10.0. The van der Waals surface area contributed by atoms with Gasteiger partial charge in [0.05, 0.1) is 0 Å². The predicted octanol–water partition coefficient (Wildman–Crippen LogP) is 1.80. The highest BCUT2D eigenvalue weighted by Crippen LogP contribution is 2.11. The van der Waals surface area contributed by atoms with Gasteiger partial charge in [-0.15, -0.1) is 0 Å². The fourth-order valence-electron chi connectivity index (χ4n) is 1.70. The highest BCUT2D eigenvalue weighted by molar-refractivity contribution is 5.19. The lowest BCUT2D eigenvalue weighted by molar-refractivity contribution is 0.505. The molecule has 17 heavy (non-hydrogen) atoms. The van der Waals surface area contributed by atoms with Gasteiger partial charge in [0.2, 0.25) is 0 Å². The molecule has 0 saturated carbocycles. The number of nitrogens with zero attached hydrogens (tertiary/aromatic N) is 1. The molecule has 90 valence electrons. The summed E-state index contributed by atoms with van der Waals surface area (Å²) >= 11 is 0.